The molecule has 1 fully saturated rings. The summed E-state index contributed by atoms with van der Waals surface area (Å²) in [5.41, 5.74) is 1.94. The number of ether oxygens (including phenoxy) is 1. The molecule has 1 aromatic heterocycles. The molecule has 0 aliphatic carbocycles. The van der Waals surface area contributed by atoms with E-state index in [1.54, 1.807) is 25.6 Å². The highest BCUT2D eigenvalue weighted by Crippen LogP contribution is 2.24. The lowest BCUT2D eigenvalue weighted by Gasteiger charge is -2.38. The van der Waals surface area contributed by atoms with Crippen LogP contribution < -0.4 is 0 Å². The van der Waals surface area contributed by atoms with Crippen LogP contribution in [0, 0.1) is 5.92 Å². The molecule has 1 aliphatic heterocycles. The van der Waals surface area contributed by atoms with E-state index >= 15 is 0 Å². The lowest BCUT2D eigenvalue weighted by Crippen LogP contribution is -2.47. The zero-order valence-corrected chi connectivity index (χ0v) is 16.4. The second kappa shape index (κ2) is 10.7. The number of alkyl halides is 3. The van der Waals surface area contributed by atoms with Gasteiger partial charge in [-0.2, -0.15) is 13.2 Å². The summed E-state index contributed by atoms with van der Waals surface area (Å²) < 4.78 is 37.4. The largest absolute Gasteiger partial charge is 0.490 e. The Morgan fingerprint density at radius 2 is 1.87 bits per heavy atom. The predicted octanol–water partition coefficient (Wildman–Crippen LogP) is 3.43. The number of benzene rings is 1. The molecule has 2 atom stereocenters. The molecule has 6 nitrogen and oxygen atoms in total. The summed E-state index contributed by atoms with van der Waals surface area (Å²) >= 11 is 0. The van der Waals surface area contributed by atoms with Gasteiger partial charge in [-0.3, -0.25) is 9.78 Å². The first kappa shape index (κ1) is 23.3. The van der Waals surface area contributed by atoms with E-state index in [4.69, 9.17) is 14.6 Å². The van der Waals surface area contributed by atoms with Gasteiger partial charge < -0.3 is 14.7 Å². The molecule has 9 heteroatoms. The van der Waals surface area contributed by atoms with E-state index < -0.39 is 12.1 Å². The molecule has 1 aliphatic rings. The molecule has 0 unspecified atom stereocenters. The Morgan fingerprint density at radius 3 is 2.40 bits per heavy atom. The number of carbonyl (C=O) groups excluding carboxylic acids is 1. The monoisotopic (exact) mass is 424 g/mol. The number of pyridine rings is 1. The number of methoxy groups -OCH3 is 1. The van der Waals surface area contributed by atoms with Crippen LogP contribution in [0.3, 0.4) is 0 Å². The second-order valence-electron chi connectivity index (χ2n) is 6.81. The average Bonchev–Trinajstić information content (AvgIpc) is 2.74. The van der Waals surface area contributed by atoms with E-state index in [2.05, 4.69) is 29.2 Å². The van der Waals surface area contributed by atoms with Crippen molar-refractivity contribution in [1.82, 2.24) is 9.88 Å². The Labute approximate surface area is 172 Å². The van der Waals surface area contributed by atoms with Crippen LogP contribution in [0.15, 0.2) is 54.9 Å². The molecule has 0 spiro atoms. The van der Waals surface area contributed by atoms with Crippen molar-refractivity contribution < 1.29 is 32.6 Å². The maximum atomic E-state index is 12.6. The van der Waals surface area contributed by atoms with Gasteiger partial charge in [0.1, 0.15) is 0 Å². The van der Waals surface area contributed by atoms with Crippen LogP contribution in [0.2, 0.25) is 0 Å². The van der Waals surface area contributed by atoms with E-state index in [0.717, 1.165) is 25.9 Å². The van der Waals surface area contributed by atoms with Crippen molar-refractivity contribution in [2.45, 2.75) is 25.1 Å². The smallest absolute Gasteiger partial charge is 0.475 e. The minimum atomic E-state index is -5.08. The van der Waals surface area contributed by atoms with Crippen LogP contribution in [-0.2, 0) is 16.0 Å². The van der Waals surface area contributed by atoms with Gasteiger partial charge in [-0.1, -0.05) is 30.3 Å². The maximum absolute atomic E-state index is 12.6. The maximum Gasteiger partial charge on any atom is 0.490 e. The first-order chi connectivity index (χ1) is 14.2. The highest BCUT2D eigenvalue weighted by atomic mass is 19.4. The summed E-state index contributed by atoms with van der Waals surface area (Å²) in [6.07, 6.45) is 0.243. The number of halogens is 3. The van der Waals surface area contributed by atoms with E-state index in [0.29, 0.717) is 11.5 Å². The van der Waals surface area contributed by atoms with Crippen LogP contribution in [0.4, 0.5) is 13.2 Å². The van der Waals surface area contributed by atoms with Crippen LogP contribution >= 0.6 is 0 Å². The van der Waals surface area contributed by atoms with Crippen LogP contribution in [-0.4, -0.2) is 59.3 Å². The Morgan fingerprint density at radius 1 is 1.20 bits per heavy atom. The van der Waals surface area contributed by atoms with Gasteiger partial charge in [0.15, 0.2) is 0 Å². The Hall–Kier alpha value is -2.94. The molecule has 2 aromatic rings. The van der Waals surface area contributed by atoms with Gasteiger partial charge in [-0.25, -0.2) is 4.79 Å². The standard InChI is InChI=1S/C19H22N2O2.C2HF3O2/c1-23-18-9-11-21(19(22)16-8-5-10-20-13-16)14-17(18)12-15-6-3-2-4-7-15;3-2(4,5)1(6)7/h2-8,10,13,17-18H,9,11-12,14H2,1H3;(H,6,7)/t17-,18+;/m0./s1. The third kappa shape index (κ3) is 6.84. The van der Waals surface area contributed by atoms with Crippen LogP contribution in [0.5, 0.6) is 0 Å². The van der Waals surface area contributed by atoms with Crippen LogP contribution in [0.1, 0.15) is 22.3 Å². The summed E-state index contributed by atoms with van der Waals surface area (Å²) in [6.45, 7) is 1.46. The molecule has 0 bridgehead atoms. The van der Waals surface area contributed by atoms with Crippen molar-refractivity contribution in [3.8, 4) is 0 Å². The molecule has 162 valence electrons. The molecular weight excluding hydrogens is 401 g/mol. The van der Waals surface area contributed by atoms with Gasteiger partial charge >= 0.3 is 12.1 Å². The Bertz CT molecular complexity index is 816. The number of carboxylic acid groups (broad SMARTS) is 1. The lowest BCUT2D eigenvalue weighted by molar-refractivity contribution is -0.192. The quantitative estimate of drug-likeness (QED) is 0.814. The normalized spacial score (nSPS) is 18.9. The molecule has 1 saturated heterocycles. The SMILES string of the molecule is CO[C@@H]1CCN(C(=O)c2cccnc2)C[C@@H]1Cc1ccccc1.O=C(O)C(F)(F)F. The molecule has 30 heavy (non-hydrogen) atoms. The summed E-state index contributed by atoms with van der Waals surface area (Å²) in [5, 5.41) is 7.12. The number of aliphatic carboxylic acids is 1. The van der Waals surface area contributed by atoms with Crippen LogP contribution in [0.25, 0.3) is 0 Å². The summed E-state index contributed by atoms with van der Waals surface area (Å²) in [7, 11) is 1.77. The second-order valence-corrected chi connectivity index (χ2v) is 6.81. The van der Waals surface area contributed by atoms with Crippen molar-refractivity contribution >= 4 is 11.9 Å². The number of rotatable bonds is 4. The minimum absolute atomic E-state index is 0.0608. The Balaban J connectivity index is 0.000000396. The van der Waals surface area contributed by atoms with Gasteiger partial charge in [0.25, 0.3) is 5.91 Å². The predicted molar refractivity (Wildman–Crippen MR) is 103 cm³/mol. The molecule has 2 heterocycles. The number of piperidine rings is 1. The summed E-state index contributed by atoms with van der Waals surface area (Å²) in [5.74, 6) is -2.38. The van der Waals surface area contributed by atoms with E-state index in [-0.39, 0.29) is 12.0 Å². The van der Waals surface area contributed by atoms with Gasteiger partial charge in [-0.05, 0) is 30.5 Å². The van der Waals surface area contributed by atoms with Crippen molar-refractivity contribution in [3.05, 3.63) is 66.0 Å². The lowest BCUT2D eigenvalue weighted by atomic mass is 9.88. The first-order valence-corrected chi connectivity index (χ1v) is 9.28. The van der Waals surface area contributed by atoms with E-state index in [1.165, 1.54) is 5.56 Å². The number of carboxylic acids is 1. The molecule has 3 rings (SSSR count). The number of aromatic nitrogens is 1. The topological polar surface area (TPSA) is 79.7 Å². The fourth-order valence-corrected chi connectivity index (χ4v) is 3.29. The fourth-order valence-electron chi connectivity index (χ4n) is 3.29. The van der Waals surface area contributed by atoms with Gasteiger partial charge in [0.05, 0.1) is 11.7 Å². The zero-order chi connectivity index (χ0) is 22.1. The highest BCUT2D eigenvalue weighted by Gasteiger charge is 2.38. The van der Waals surface area contributed by atoms with Gasteiger partial charge in [0, 0.05) is 38.5 Å². The highest BCUT2D eigenvalue weighted by molar-refractivity contribution is 5.93. The number of carbonyl (C=O) groups is 2. The third-order valence-electron chi connectivity index (χ3n) is 4.75. The summed E-state index contributed by atoms with van der Waals surface area (Å²) in [4.78, 5) is 27.5. The number of nitrogens with zero attached hydrogens (tertiary/aromatic N) is 2. The third-order valence-corrected chi connectivity index (χ3v) is 4.75. The molecule has 0 radical (unpaired) electrons. The van der Waals surface area contributed by atoms with Crippen molar-refractivity contribution in [2.24, 2.45) is 5.92 Å². The molecule has 0 saturated carbocycles. The van der Waals surface area contributed by atoms with Crippen molar-refractivity contribution in [3.63, 3.8) is 0 Å². The minimum Gasteiger partial charge on any atom is -0.475 e. The van der Waals surface area contributed by atoms with Gasteiger partial charge in [-0.15, -0.1) is 0 Å². The molecular formula is C21H23F3N2O4. The zero-order valence-electron chi connectivity index (χ0n) is 16.4. The number of likely N-dealkylation sites (tertiary alicyclic amines) is 1. The average molecular weight is 424 g/mol. The summed E-state index contributed by atoms with van der Waals surface area (Å²) in [6, 6.07) is 14.0. The fraction of sp³-hybridized carbons (Fsp3) is 0.381. The molecule has 1 amide bonds. The molecule has 1 aromatic carbocycles. The van der Waals surface area contributed by atoms with Gasteiger partial charge in [0.2, 0.25) is 0 Å². The van der Waals surface area contributed by atoms with Crippen molar-refractivity contribution in [2.75, 3.05) is 20.2 Å². The molecule has 1 N–H and O–H groups in total. The van der Waals surface area contributed by atoms with E-state index in [1.807, 2.05) is 17.0 Å². The first-order valence-electron chi connectivity index (χ1n) is 9.28. The van der Waals surface area contributed by atoms with Crippen molar-refractivity contribution in [1.29, 1.82) is 0 Å². The number of hydrogen-bond donors (Lipinski definition) is 1. The Kier molecular flexibility index (Phi) is 8.35. The van der Waals surface area contributed by atoms with E-state index in [9.17, 15) is 18.0 Å². The number of amides is 1. The number of hydrogen-bond acceptors (Lipinski definition) is 4.